The first-order valence-corrected chi connectivity index (χ1v) is 11.7. The van der Waals surface area contributed by atoms with Gasteiger partial charge in [0.25, 0.3) is 0 Å². The average Bonchev–Trinajstić information content (AvgIpc) is 3.39. The molecule has 6 nitrogen and oxygen atoms in total. The van der Waals surface area contributed by atoms with Crippen LogP contribution < -0.4 is 11.1 Å². The fourth-order valence-electron chi connectivity index (χ4n) is 4.87. The molecule has 3 aromatic heterocycles. The van der Waals surface area contributed by atoms with Crippen molar-refractivity contribution in [3.8, 4) is 33.5 Å². The zero-order chi connectivity index (χ0) is 22.9. The van der Waals surface area contributed by atoms with Crippen molar-refractivity contribution in [1.82, 2.24) is 25.5 Å². The molecule has 6 rings (SSSR count). The average molecular weight is 447 g/mol. The Bertz CT molecular complexity index is 1450. The number of aromatic nitrogens is 4. The number of hydrogen-bond acceptors (Lipinski definition) is 5. The lowest BCUT2D eigenvalue weighted by Crippen LogP contribution is -2.27. The van der Waals surface area contributed by atoms with Gasteiger partial charge in [0.15, 0.2) is 0 Å². The number of piperidine rings is 1. The lowest BCUT2D eigenvalue weighted by atomic mass is 9.90. The van der Waals surface area contributed by atoms with Gasteiger partial charge in [-0.2, -0.15) is 5.10 Å². The van der Waals surface area contributed by atoms with Gasteiger partial charge < -0.3 is 11.1 Å². The monoisotopic (exact) mass is 446 g/mol. The van der Waals surface area contributed by atoms with Crippen LogP contribution in [-0.4, -0.2) is 33.3 Å². The molecule has 0 saturated carbocycles. The Kier molecular flexibility index (Phi) is 5.28. The van der Waals surface area contributed by atoms with Gasteiger partial charge in [-0.3, -0.25) is 10.1 Å². The molecule has 1 fully saturated rings. The van der Waals surface area contributed by atoms with Gasteiger partial charge >= 0.3 is 0 Å². The van der Waals surface area contributed by atoms with Crippen molar-refractivity contribution < 1.29 is 0 Å². The number of nitrogens with two attached hydrogens (primary N) is 1. The van der Waals surface area contributed by atoms with Gasteiger partial charge in [-0.05, 0) is 60.6 Å². The van der Waals surface area contributed by atoms with Gasteiger partial charge in [0.05, 0.1) is 11.9 Å². The van der Waals surface area contributed by atoms with Gasteiger partial charge in [0.2, 0.25) is 0 Å². The Labute approximate surface area is 198 Å². The molecule has 2 aromatic carbocycles. The van der Waals surface area contributed by atoms with Crippen molar-refractivity contribution in [1.29, 1.82) is 0 Å². The molecule has 1 saturated heterocycles. The molecule has 5 aromatic rings. The predicted molar refractivity (Wildman–Crippen MR) is 137 cm³/mol. The molecule has 1 aliphatic heterocycles. The summed E-state index contributed by atoms with van der Waals surface area (Å²) in [5.41, 5.74) is 13.6. The number of anilines is 1. The fourth-order valence-corrected chi connectivity index (χ4v) is 4.87. The molecule has 4 heterocycles. The summed E-state index contributed by atoms with van der Waals surface area (Å²) >= 11 is 0. The van der Waals surface area contributed by atoms with E-state index >= 15 is 0 Å². The first kappa shape index (κ1) is 20.6. The molecule has 0 unspecified atom stereocenters. The van der Waals surface area contributed by atoms with E-state index in [1.54, 1.807) is 0 Å². The van der Waals surface area contributed by atoms with Crippen molar-refractivity contribution in [2.75, 3.05) is 18.8 Å². The number of benzene rings is 2. The second-order valence-corrected chi connectivity index (χ2v) is 8.88. The summed E-state index contributed by atoms with van der Waals surface area (Å²) in [6.45, 7) is 2.06. The summed E-state index contributed by atoms with van der Waals surface area (Å²) < 4.78 is 0. The molecule has 0 radical (unpaired) electrons. The van der Waals surface area contributed by atoms with Gasteiger partial charge in [0.1, 0.15) is 5.82 Å². The van der Waals surface area contributed by atoms with Crippen LogP contribution in [0, 0.1) is 0 Å². The third-order valence-electron chi connectivity index (χ3n) is 6.75. The summed E-state index contributed by atoms with van der Waals surface area (Å²) in [6.07, 6.45) is 7.85. The minimum absolute atomic E-state index is 0.470. The van der Waals surface area contributed by atoms with E-state index in [-0.39, 0.29) is 0 Å². The van der Waals surface area contributed by atoms with Gasteiger partial charge in [0, 0.05) is 46.1 Å². The quantitative estimate of drug-likeness (QED) is 0.344. The van der Waals surface area contributed by atoms with Gasteiger partial charge in [-0.1, -0.05) is 42.5 Å². The minimum Gasteiger partial charge on any atom is -0.383 e. The molecule has 1 aliphatic rings. The molecule has 0 aliphatic carbocycles. The Morgan fingerprint density at radius 1 is 0.735 bits per heavy atom. The van der Waals surface area contributed by atoms with Crippen molar-refractivity contribution in [3.05, 3.63) is 84.9 Å². The molecule has 0 amide bonds. The number of pyridine rings is 2. The summed E-state index contributed by atoms with van der Waals surface area (Å²) in [5.74, 6) is 0.945. The van der Waals surface area contributed by atoms with Crippen LogP contribution in [-0.2, 0) is 0 Å². The van der Waals surface area contributed by atoms with Crippen LogP contribution in [0.4, 0.5) is 5.82 Å². The largest absolute Gasteiger partial charge is 0.383 e. The lowest BCUT2D eigenvalue weighted by Gasteiger charge is -2.22. The number of nitrogens with zero attached hydrogens (tertiary/aromatic N) is 3. The molecule has 6 heteroatoms. The maximum atomic E-state index is 6.32. The van der Waals surface area contributed by atoms with Crippen LogP contribution in [0.15, 0.2) is 79.3 Å². The summed E-state index contributed by atoms with van der Waals surface area (Å²) in [4.78, 5) is 9.27. The van der Waals surface area contributed by atoms with E-state index in [1.807, 2.05) is 24.7 Å². The highest BCUT2D eigenvalue weighted by Gasteiger charge is 2.21. The number of nitrogen functional groups attached to an aromatic ring is 1. The fraction of sp³-hybridized carbons (Fsp3) is 0.179. The molecule has 0 atom stereocenters. The molecule has 168 valence electrons. The van der Waals surface area contributed by atoms with Crippen LogP contribution in [0.2, 0.25) is 0 Å². The van der Waals surface area contributed by atoms with Crippen LogP contribution in [0.5, 0.6) is 0 Å². The molecule has 4 N–H and O–H groups in total. The number of nitrogens with one attached hydrogen (secondary N) is 2. The molecule has 0 bridgehead atoms. The van der Waals surface area contributed by atoms with Crippen LogP contribution >= 0.6 is 0 Å². The highest BCUT2D eigenvalue weighted by Crippen LogP contribution is 2.35. The molecule has 34 heavy (non-hydrogen) atoms. The number of hydrogen-bond donors (Lipinski definition) is 3. The second-order valence-electron chi connectivity index (χ2n) is 8.88. The van der Waals surface area contributed by atoms with E-state index in [0.717, 1.165) is 59.1 Å². The normalized spacial score (nSPS) is 14.5. The van der Waals surface area contributed by atoms with E-state index in [0.29, 0.717) is 11.7 Å². The Hall–Kier alpha value is -4.03. The predicted octanol–water partition coefficient (Wildman–Crippen LogP) is 5.40. The highest BCUT2D eigenvalue weighted by atomic mass is 15.1. The Balaban J connectivity index is 1.37. The first-order chi connectivity index (χ1) is 16.8. The third kappa shape index (κ3) is 3.82. The molecule has 0 spiro atoms. The maximum absolute atomic E-state index is 6.32. The number of H-pyrrole nitrogens is 1. The zero-order valence-corrected chi connectivity index (χ0v) is 18.8. The van der Waals surface area contributed by atoms with Gasteiger partial charge in [-0.25, -0.2) is 4.98 Å². The van der Waals surface area contributed by atoms with E-state index in [1.165, 1.54) is 16.8 Å². The molecular weight excluding hydrogens is 420 g/mol. The zero-order valence-electron chi connectivity index (χ0n) is 18.8. The van der Waals surface area contributed by atoms with Crippen molar-refractivity contribution in [3.63, 3.8) is 0 Å². The minimum atomic E-state index is 0.470. The van der Waals surface area contributed by atoms with Crippen LogP contribution in [0.1, 0.15) is 24.5 Å². The maximum Gasteiger partial charge on any atom is 0.132 e. The SMILES string of the molecule is Nc1ncc(-c2cn[nH]c2C2CCNCC2)cc1-c1cc2ccc(-c3ccccc3)cc2cn1. The topological polar surface area (TPSA) is 92.5 Å². The molecular formula is C28H26N6. The number of fused-ring (bicyclic) bond motifs is 1. The summed E-state index contributed by atoms with van der Waals surface area (Å²) in [7, 11) is 0. The third-order valence-corrected chi connectivity index (χ3v) is 6.75. The number of aromatic amines is 1. The second kappa shape index (κ2) is 8.72. The Morgan fingerprint density at radius 2 is 1.59 bits per heavy atom. The summed E-state index contributed by atoms with van der Waals surface area (Å²) in [6, 6.07) is 21.0. The van der Waals surface area contributed by atoms with Crippen molar-refractivity contribution >= 4 is 16.6 Å². The Morgan fingerprint density at radius 3 is 2.44 bits per heavy atom. The van der Waals surface area contributed by atoms with E-state index in [9.17, 15) is 0 Å². The van der Waals surface area contributed by atoms with E-state index < -0.39 is 0 Å². The van der Waals surface area contributed by atoms with Crippen molar-refractivity contribution in [2.45, 2.75) is 18.8 Å². The highest BCUT2D eigenvalue weighted by molar-refractivity contribution is 5.90. The standard InChI is InChI=1S/C28H26N6/c29-28-24(13-23(16-32-28)25-17-33-34-27(25)19-8-10-30-11-9-19)26-14-21-7-6-20(12-22(21)15-31-26)18-4-2-1-3-5-18/h1-7,12-17,19,30H,8-11H2,(H2,29,32)(H,33,34). The summed E-state index contributed by atoms with van der Waals surface area (Å²) in [5, 5.41) is 13.2. The number of rotatable bonds is 4. The first-order valence-electron chi connectivity index (χ1n) is 11.7. The van der Waals surface area contributed by atoms with E-state index in [4.69, 9.17) is 10.7 Å². The van der Waals surface area contributed by atoms with Crippen LogP contribution in [0.25, 0.3) is 44.3 Å². The van der Waals surface area contributed by atoms with Crippen LogP contribution in [0.3, 0.4) is 0 Å². The lowest BCUT2D eigenvalue weighted by molar-refractivity contribution is 0.453. The van der Waals surface area contributed by atoms with Gasteiger partial charge in [-0.15, -0.1) is 0 Å². The van der Waals surface area contributed by atoms with Crippen molar-refractivity contribution in [2.24, 2.45) is 0 Å². The smallest absolute Gasteiger partial charge is 0.132 e. The van der Waals surface area contributed by atoms with E-state index in [2.05, 4.69) is 75.1 Å².